The molecule has 5 heteroatoms. The van der Waals surface area contributed by atoms with Gasteiger partial charge in [-0.15, -0.1) is 0 Å². The Hall–Kier alpha value is -7.47. The van der Waals surface area contributed by atoms with Gasteiger partial charge in [0.15, 0.2) is 0 Å². The number of rotatable bonds is 5. The molecule has 59 heavy (non-hydrogen) atoms. The van der Waals surface area contributed by atoms with Gasteiger partial charge in [0.1, 0.15) is 0 Å². The highest BCUT2D eigenvalue weighted by Gasteiger charge is 2.25. The van der Waals surface area contributed by atoms with Crippen LogP contribution in [0.15, 0.2) is 216 Å². The Balaban J connectivity index is 1.02. The first-order valence-corrected chi connectivity index (χ1v) is 20.7. The van der Waals surface area contributed by atoms with E-state index in [4.69, 9.17) is 9.97 Å². The fourth-order valence-corrected chi connectivity index (χ4v) is 9.93. The Kier molecular flexibility index (Phi) is 7.75. The smallest absolute Gasteiger partial charge is 0.235 e. The van der Waals surface area contributed by atoms with Crippen LogP contribution in [0.4, 0.5) is 17.1 Å². The normalized spacial score (nSPS) is 12.3. The van der Waals surface area contributed by atoms with Gasteiger partial charge in [-0.05, 0) is 93.7 Å². The Morgan fingerprint density at radius 2 is 1.05 bits per heavy atom. The molecule has 0 fully saturated rings. The molecule has 0 spiro atoms. The largest absolute Gasteiger partial charge is 0.308 e. The van der Waals surface area contributed by atoms with Gasteiger partial charge in [0.2, 0.25) is 5.95 Å². The third-order valence-corrected chi connectivity index (χ3v) is 12.7. The molecule has 0 N–H and O–H groups in total. The summed E-state index contributed by atoms with van der Waals surface area (Å²) >= 11 is 1.84. The van der Waals surface area contributed by atoms with Crippen molar-refractivity contribution in [3.63, 3.8) is 0 Å². The van der Waals surface area contributed by atoms with Crippen molar-refractivity contribution in [2.45, 2.75) is 9.79 Å². The third kappa shape index (κ3) is 5.54. The Morgan fingerprint density at radius 1 is 0.390 bits per heavy atom. The van der Waals surface area contributed by atoms with Crippen molar-refractivity contribution in [2.24, 2.45) is 0 Å². The van der Waals surface area contributed by atoms with Crippen LogP contribution in [0.3, 0.4) is 0 Å². The van der Waals surface area contributed by atoms with Crippen molar-refractivity contribution in [3.05, 3.63) is 206 Å². The van der Waals surface area contributed by atoms with Crippen molar-refractivity contribution in [1.82, 2.24) is 14.5 Å². The predicted octanol–water partition coefficient (Wildman–Crippen LogP) is 14.8. The highest BCUT2D eigenvalue weighted by atomic mass is 32.2. The van der Waals surface area contributed by atoms with Crippen molar-refractivity contribution in [2.75, 3.05) is 4.90 Å². The average Bonchev–Trinajstić information content (AvgIpc) is 3.65. The van der Waals surface area contributed by atoms with E-state index in [1.807, 2.05) is 17.8 Å². The molecule has 0 saturated heterocycles. The van der Waals surface area contributed by atoms with Crippen molar-refractivity contribution in [3.8, 4) is 39.5 Å². The molecule has 0 aliphatic carbocycles. The maximum Gasteiger partial charge on any atom is 0.235 e. The number of fused-ring (bicyclic) bond motifs is 8. The van der Waals surface area contributed by atoms with Gasteiger partial charge in [0, 0.05) is 37.2 Å². The molecule has 9 aromatic carbocycles. The third-order valence-electron chi connectivity index (χ3n) is 11.6. The number of aromatic nitrogens is 3. The first-order chi connectivity index (χ1) is 29.2. The van der Waals surface area contributed by atoms with Gasteiger partial charge in [-0.3, -0.25) is 4.57 Å². The van der Waals surface area contributed by atoms with E-state index in [1.165, 1.54) is 53.8 Å². The summed E-state index contributed by atoms with van der Waals surface area (Å²) in [4.78, 5) is 15.5. The van der Waals surface area contributed by atoms with E-state index in [9.17, 15) is 0 Å². The number of anilines is 3. The summed E-state index contributed by atoms with van der Waals surface area (Å²) in [5, 5.41) is 5.83. The molecule has 0 unspecified atom stereocenters. The van der Waals surface area contributed by atoms with E-state index in [0.29, 0.717) is 5.95 Å². The van der Waals surface area contributed by atoms with Crippen LogP contribution in [0, 0.1) is 0 Å². The predicted molar refractivity (Wildman–Crippen MR) is 246 cm³/mol. The molecule has 1 aliphatic heterocycles. The molecule has 1 aliphatic rings. The summed E-state index contributed by atoms with van der Waals surface area (Å²) in [6.07, 6.45) is 0. The van der Waals surface area contributed by atoms with Gasteiger partial charge in [-0.25, -0.2) is 9.97 Å². The standard InChI is InChI=1S/C54H34N4S/c1-3-15-36(16-4-1)53-43-22-9-10-23-45(43)55-54(56-53)58-48-31-27-35-14-7-8-21-42(35)52(48)44-29-26-39(33-49(44)58)37-17-13-18-38(32-37)40-28-30-47-51(34-40)59-50-25-12-11-24-46(50)57(47)41-19-5-2-6-20-41/h1-34H. The van der Waals surface area contributed by atoms with Crippen LogP contribution in [0.25, 0.3) is 82.9 Å². The second-order valence-corrected chi connectivity index (χ2v) is 16.1. The second-order valence-electron chi connectivity index (χ2n) is 15.0. The van der Waals surface area contributed by atoms with E-state index in [2.05, 4.69) is 210 Å². The molecule has 3 heterocycles. The van der Waals surface area contributed by atoms with Crippen LogP contribution in [-0.2, 0) is 0 Å². The van der Waals surface area contributed by atoms with Crippen molar-refractivity contribution in [1.29, 1.82) is 0 Å². The minimum atomic E-state index is 0.654. The molecule has 2 aromatic heterocycles. The summed E-state index contributed by atoms with van der Waals surface area (Å²) < 4.78 is 2.26. The second kappa shape index (κ2) is 13.6. The summed E-state index contributed by atoms with van der Waals surface area (Å²) in [6, 6.07) is 73.9. The number of benzene rings is 9. The first kappa shape index (κ1) is 33.6. The van der Waals surface area contributed by atoms with E-state index >= 15 is 0 Å². The van der Waals surface area contributed by atoms with E-state index in [1.54, 1.807) is 0 Å². The minimum absolute atomic E-state index is 0.654. The highest BCUT2D eigenvalue weighted by Crippen LogP contribution is 2.52. The molecular weight excluding hydrogens is 737 g/mol. The molecular formula is C54H34N4S. The Labute approximate surface area is 345 Å². The molecule has 12 rings (SSSR count). The molecule has 0 radical (unpaired) electrons. The quantitative estimate of drug-likeness (QED) is 0.175. The summed E-state index contributed by atoms with van der Waals surface area (Å²) in [5.74, 6) is 0.654. The van der Waals surface area contributed by atoms with Crippen LogP contribution in [0.5, 0.6) is 0 Å². The lowest BCUT2D eigenvalue weighted by Gasteiger charge is -2.33. The number of hydrogen-bond acceptors (Lipinski definition) is 4. The fraction of sp³-hybridized carbons (Fsp3) is 0. The van der Waals surface area contributed by atoms with Crippen LogP contribution in [0.1, 0.15) is 0 Å². The Bertz CT molecular complexity index is 3430. The SMILES string of the molecule is c1ccc(-c2nc(-n3c4cc(-c5cccc(-c6ccc7c(c6)Sc6ccccc6N7c6ccccc6)c5)ccc4c4c5ccccc5ccc43)nc3ccccc23)cc1. The molecule has 0 atom stereocenters. The van der Waals surface area contributed by atoms with E-state index in [0.717, 1.165) is 50.0 Å². The lowest BCUT2D eigenvalue weighted by molar-refractivity contribution is 1.01. The summed E-state index contributed by atoms with van der Waals surface area (Å²) in [6.45, 7) is 0. The molecule has 276 valence electrons. The Morgan fingerprint density at radius 3 is 1.92 bits per heavy atom. The van der Waals surface area contributed by atoms with Gasteiger partial charge in [-0.2, -0.15) is 0 Å². The van der Waals surface area contributed by atoms with Crippen LogP contribution in [-0.4, -0.2) is 14.5 Å². The number of hydrogen-bond donors (Lipinski definition) is 0. The van der Waals surface area contributed by atoms with Crippen LogP contribution in [0.2, 0.25) is 0 Å². The number of para-hydroxylation sites is 3. The van der Waals surface area contributed by atoms with Gasteiger partial charge in [0.25, 0.3) is 0 Å². The lowest BCUT2D eigenvalue weighted by Crippen LogP contribution is -2.14. The zero-order chi connectivity index (χ0) is 38.9. The zero-order valence-electron chi connectivity index (χ0n) is 31.8. The zero-order valence-corrected chi connectivity index (χ0v) is 32.6. The molecule has 11 aromatic rings. The van der Waals surface area contributed by atoms with Crippen LogP contribution < -0.4 is 4.90 Å². The van der Waals surface area contributed by atoms with Crippen molar-refractivity contribution >= 4 is 72.3 Å². The highest BCUT2D eigenvalue weighted by molar-refractivity contribution is 7.99. The van der Waals surface area contributed by atoms with E-state index < -0.39 is 0 Å². The average molecular weight is 771 g/mol. The van der Waals surface area contributed by atoms with Gasteiger partial charge >= 0.3 is 0 Å². The topological polar surface area (TPSA) is 34.0 Å². The molecule has 0 amide bonds. The summed E-state index contributed by atoms with van der Waals surface area (Å²) in [7, 11) is 0. The van der Waals surface area contributed by atoms with Crippen LogP contribution >= 0.6 is 11.8 Å². The monoisotopic (exact) mass is 770 g/mol. The maximum atomic E-state index is 5.37. The van der Waals surface area contributed by atoms with Gasteiger partial charge < -0.3 is 4.90 Å². The first-order valence-electron chi connectivity index (χ1n) is 19.9. The van der Waals surface area contributed by atoms with Gasteiger partial charge in [0.05, 0.1) is 33.6 Å². The fourth-order valence-electron chi connectivity index (χ4n) is 8.83. The minimum Gasteiger partial charge on any atom is -0.308 e. The maximum absolute atomic E-state index is 5.37. The summed E-state index contributed by atoms with van der Waals surface area (Å²) in [5.41, 5.74) is 13.2. The van der Waals surface area contributed by atoms with Gasteiger partial charge in [-0.1, -0.05) is 157 Å². The lowest BCUT2D eigenvalue weighted by atomic mass is 9.97. The van der Waals surface area contributed by atoms with Crippen molar-refractivity contribution < 1.29 is 0 Å². The van der Waals surface area contributed by atoms with E-state index in [-0.39, 0.29) is 0 Å². The number of nitrogens with zero attached hydrogens (tertiary/aromatic N) is 4. The molecule has 0 saturated carbocycles. The molecule has 4 nitrogen and oxygen atoms in total. The molecule has 0 bridgehead atoms.